The minimum absolute atomic E-state index is 0.106. The van der Waals surface area contributed by atoms with E-state index in [1.165, 1.54) is 6.07 Å². The summed E-state index contributed by atoms with van der Waals surface area (Å²) in [7, 11) is 0. The summed E-state index contributed by atoms with van der Waals surface area (Å²) < 4.78 is 13.7. The summed E-state index contributed by atoms with van der Waals surface area (Å²) in [5.74, 6) is 0.207. The Hall–Kier alpha value is -3.60. The van der Waals surface area contributed by atoms with Crippen molar-refractivity contribution >= 4 is 22.5 Å². The van der Waals surface area contributed by atoms with Crippen molar-refractivity contribution in [1.29, 1.82) is 0 Å². The van der Waals surface area contributed by atoms with Crippen molar-refractivity contribution < 1.29 is 9.18 Å². The molecule has 0 spiro atoms. The fourth-order valence-corrected chi connectivity index (χ4v) is 4.37. The molecular weight excluding hydrogens is 401 g/mol. The van der Waals surface area contributed by atoms with Gasteiger partial charge < -0.3 is 5.32 Å². The fourth-order valence-electron chi connectivity index (χ4n) is 4.37. The normalized spacial score (nSPS) is 12.3. The Bertz CT molecular complexity index is 1330. The Morgan fingerprint density at radius 3 is 2.69 bits per heavy atom. The third kappa shape index (κ3) is 3.98. The molecule has 0 saturated heterocycles. The number of nitrogens with one attached hydrogen (secondary N) is 1. The Labute approximate surface area is 186 Å². The number of aryl methyl sites for hydroxylation is 3. The highest BCUT2D eigenvalue weighted by atomic mass is 19.1. The number of amides is 1. The summed E-state index contributed by atoms with van der Waals surface area (Å²) in [5, 5.41) is 5.28. The molecule has 1 heterocycles. The summed E-state index contributed by atoms with van der Waals surface area (Å²) in [4.78, 5) is 22.5. The first kappa shape index (κ1) is 20.3. The van der Waals surface area contributed by atoms with Gasteiger partial charge in [-0.25, -0.2) is 14.4 Å². The van der Waals surface area contributed by atoms with Crippen LogP contribution in [0.3, 0.4) is 0 Å². The number of nitrogens with zero attached hydrogens (tertiary/aromatic N) is 2. The third-order valence-electron chi connectivity index (χ3n) is 5.92. The summed E-state index contributed by atoms with van der Waals surface area (Å²) >= 11 is 0. The number of carbonyl (C=O) groups excluding carboxylic acids is 1. The van der Waals surface area contributed by atoms with Crippen LogP contribution in [0.5, 0.6) is 0 Å². The van der Waals surface area contributed by atoms with Gasteiger partial charge in [0.2, 0.25) is 5.91 Å². The van der Waals surface area contributed by atoms with Gasteiger partial charge in [-0.1, -0.05) is 55.8 Å². The monoisotopic (exact) mass is 425 g/mol. The SMILES string of the molecule is CCCc1nc2c(nc1NC(=O)Cc1ccc3ccccc3c1)CCc1cc(F)ccc1-2. The van der Waals surface area contributed by atoms with E-state index in [1.807, 2.05) is 24.3 Å². The number of halogens is 1. The van der Waals surface area contributed by atoms with Crippen molar-refractivity contribution in [3.05, 3.63) is 89.0 Å². The van der Waals surface area contributed by atoms with Gasteiger partial charge in [-0.05, 0) is 59.4 Å². The van der Waals surface area contributed by atoms with Crippen LogP contribution in [-0.2, 0) is 30.5 Å². The molecule has 0 unspecified atom stereocenters. The quantitative estimate of drug-likeness (QED) is 0.448. The third-order valence-corrected chi connectivity index (χ3v) is 5.92. The fraction of sp³-hybridized carbons (Fsp3) is 0.222. The van der Waals surface area contributed by atoms with Crippen LogP contribution < -0.4 is 5.32 Å². The van der Waals surface area contributed by atoms with Crippen LogP contribution in [0.25, 0.3) is 22.0 Å². The van der Waals surface area contributed by atoms with E-state index >= 15 is 0 Å². The zero-order chi connectivity index (χ0) is 22.1. The van der Waals surface area contributed by atoms with E-state index in [1.54, 1.807) is 12.1 Å². The number of hydrogen-bond donors (Lipinski definition) is 1. The summed E-state index contributed by atoms with van der Waals surface area (Å²) in [6, 6.07) is 19.0. The molecule has 1 aliphatic rings. The van der Waals surface area contributed by atoms with E-state index in [-0.39, 0.29) is 18.1 Å². The molecule has 3 aromatic carbocycles. The summed E-state index contributed by atoms with van der Waals surface area (Å²) in [6.07, 6.45) is 3.27. The number of fused-ring (bicyclic) bond motifs is 4. The smallest absolute Gasteiger partial charge is 0.229 e. The van der Waals surface area contributed by atoms with E-state index in [0.717, 1.165) is 51.0 Å². The number of anilines is 1. The van der Waals surface area contributed by atoms with Gasteiger partial charge in [0.25, 0.3) is 0 Å². The Morgan fingerprint density at radius 2 is 1.84 bits per heavy atom. The first-order valence-electron chi connectivity index (χ1n) is 11.1. The van der Waals surface area contributed by atoms with Crippen molar-refractivity contribution in [1.82, 2.24) is 9.97 Å². The maximum atomic E-state index is 13.7. The second-order valence-electron chi connectivity index (χ2n) is 8.27. The molecule has 0 atom stereocenters. The molecule has 5 heteroatoms. The summed E-state index contributed by atoms with van der Waals surface area (Å²) in [5.41, 5.74) is 5.29. The van der Waals surface area contributed by atoms with E-state index < -0.39 is 0 Å². The number of aromatic nitrogens is 2. The average molecular weight is 426 g/mol. The van der Waals surface area contributed by atoms with Crippen LogP contribution >= 0.6 is 0 Å². The van der Waals surface area contributed by atoms with Crippen molar-refractivity contribution in [3.8, 4) is 11.3 Å². The molecule has 0 saturated carbocycles. The van der Waals surface area contributed by atoms with Crippen LogP contribution in [0.1, 0.15) is 35.9 Å². The minimum atomic E-state index is -0.230. The molecule has 4 aromatic rings. The van der Waals surface area contributed by atoms with Crippen LogP contribution in [0.4, 0.5) is 10.2 Å². The molecule has 1 aromatic heterocycles. The zero-order valence-electron chi connectivity index (χ0n) is 18.0. The number of carbonyl (C=O) groups is 1. The van der Waals surface area contributed by atoms with Gasteiger partial charge >= 0.3 is 0 Å². The highest BCUT2D eigenvalue weighted by Gasteiger charge is 2.22. The molecule has 0 bridgehead atoms. The molecule has 1 aliphatic carbocycles. The second kappa shape index (κ2) is 8.50. The van der Waals surface area contributed by atoms with Crippen molar-refractivity contribution in [2.45, 2.75) is 39.0 Å². The second-order valence-corrected chi connectivity index (χ2v) is 8.27. The van der Waals surface area contributed by atoms with Gasteiger partial charge in [-0.3, -0.25) is 4.79 Å². The van der Waals surface area contributed by atoms with Crippen LogP contribution in [-0.4, -0.2) is 15.9 Å². The highest BCUT2D eigenvalue weighted by molar-refractivity contribution is 5.93. The molecule has 0 aliphatic heterocycles. The van der Waals surface area contributed by atoms with Crippen molar-refractivity contribution in [2.75, 3.05) is 5.32 Å². The molecule has 4 nitrogen and oxygen atoms in total. The van der Waals surface area contributed by atoms with Gasteiger partial charge in [0.05, 0.1) is 23.5 Å². The van der Waals surface area contributed by atoms with Gasteiger partial charge in [0.15, 0.2) is 5.82 Å². The molecule has 32 heavy (non-hydrogen) atoms. The predicted molar refractivity (Wildman–Crippen MR) is 125 cm³/mol. The lowest BCUT2D eigenvalue weighted by Gasteiger charge is -2.21. The van der Waals surface area contributed by atoms with Gasteiger partial charge in [-0.15, -0.1) is 0 Å². The molecular formula is C27H24FN3O. The Kier molecular flexibility index (Phi) is 5.39. The van der Waals surface area contributed by atoms with Gasteiger partial charge in [-0.2, -0.15) is 0 Å². The molecule has 5 rings (SSSR count). The predicted octanol–water partition coefficient (Wildman–Crippen LogP) is 5.67. The highest BCUT2D eigenvalue weighted by Crippen LogP contribution is 2.33. The Morgan fingerprint density at radius 1 is 1.00 bits per heavy atom. The molecule has 0 fully saturated rings. The van der Waals surface area contributed by atoms with Crippen LogP contribution in [0.2, 0.25) is 0 Å². The topological polar surface area (TPSA) is 54.9 Å². The Balaban J connectivity index is 1.42. The minimum Gasteiger partial charge on any atom is -0.309 e. The zero-order valence-corrected chi connectivity index (χ0v) is 18.0. The molecule has 0 radical (unpaired) electrons. The number of hydrogen-bond acceptors (Lipinski definition) is 3. The molecule has 1 amide bonds. The standard InChI is InChI=1S/C27H24FN3O/c1-2-5-24-27(30-23-13-10-20-16-21(28)11-12-22(20)26(23)29-24)31-25(32)15-17-8-9-18-6-3-4-7-19(18)14-17/h3-4,6-9,11-12,14,16H,2,5,10,13,15H2,1H3,(H,30,31,32). The lowest BCUT2D eigenvalue weighted by atomic mass is 9.91. The van der Waals surface area contributed by atoms with Gasteiger partial charge in [0, 0.05) is 5.56 Å². The van der Waals surface area contributed by atoms with Crippen LogP contribution in [0.15, 0.2) is 60.7 Å². The lowest BCUT2D eigenvalue weighted by molar-refractivity contribution is -0.115. The van der Waals surface area contributed by atoms with E-state index in [9.17, 15) is 9.18 Å². The maximum absolute atomic E-state index is 13.7. The first-order valence-corrected chi connectivity index (χ1v) is 11.1. The first-order chi connectivity index (χ1) is 15.6. The van der Waals surface area contributed by atoms with Gasteiger partial charge in [0.1, 0.15) is 5.82 Å². The van der Waals surface area contributed by atoms with Crippen LogP contribution in [0, 0.1) is 5.82 Å². The maximum Gasteiger partial charge on any atom is 0.229 e. The molecule has 1 N–H and O–H groups in total. The van der Waals surface area contributed by atoms with E-state index in [2.05, 4.69) is 30.4 Å². The van der Waals surface area contributed by atoms with Crippen molar-refractivity contribution in [3.63, 3.8) is 0 Å². The number of benzene rings is 3. The number of rotatable bonds is 5. The van der Waals surface area contributed by atoms with E-state index in [4.69, 9.17) is 9.97 Å². The van der Waals surface area contributed by atoms with Crippen molar-refractivity contribution in [2.24, 2.45) is 0 Å². The van der Waals surface area contributed by atoms with E-state index in [0.29, 0.717) is 25.1 Å². The lowest BCUT2D eigenvalue weighted by Crippen LogP contribution is -2.19. The molecule has 160 valence electrons. The average Bonchev–Trinajstić information content (AvgIpc) is 2.79. The summed E-state index contributed by atoms with van der Waals surface area (Å²) in [6.45, 7) is 2.07. The largest absolute Gasteiger partial charge is 0.309 e.